The number of quaternary nitrogens is 1. The Labute approximate surface area is 205 Å². The number of nitrogens with one attached hydrogen (secondary N) is 2. The third kappa shape index (κ3) is 5.05. The van der Waals surface area contributed by atoms with E-state index in [0.29, 0.717) is 12.1 Å². The molecule has 2 atom stereocenters. The zero-order chi connectivity index (χ0) is 25.2. The predicted octanol–water partition coefficient (Wildman–Crippen LogP) is -0.229. The minimum atomic E-state index is -3.65. The highest BCUT2D eigenvalue weighted by Gasteiger charge is 2.52. The van der Waals surface area contributed by atoms with E-state index in [1.165, 1.54) is 49.7 Å². The summed E-state index contributed by atoms with van der Waals surface area (Å²) in [5.41, 5.74) is 0.882. The van der Waals surface area contributed by atoms with Crippen LogP contribution in [0.3, 0.4) is 0 Å². The normalized spacial score (nSPS) is 21.6. The first kappa shape index (κ1) is 25.2. The van der Waals surface area contributed by atoms with Crippen LogP contribution in [0.25, 0.3) is 0 Å². The molecule has 35 heavy (non-hydrogen) atoms. The van der Waals surface area contributed by atoms with Gasteiger partial charge in [0.15, 0.2) is 18.2 Å². The highest BCUT2D eigenvalue weighted by atomic mass is 32.2. The second kappa shape index (κ2) is 10.3. The van der Waals surface area contributed by atoms with Crippen molar-refractivity contribution in [2.75, 3.05) is 40.3 Å². The van der Waals surface area contributed by atoms with Gasteiger partial charge in [0.2, 0.25) is 15.8 Å². The van der Waals surface area contributed by atoms with Gasteiger partial charge < -0.3 is 9.80 Å². The maximum Gasteiger partial charge on any atom is 0.291 e. The van der Waals surface area contributed by atoms with Crippen LogP contribution in [-0.2, 0) is 19.6 Å². The van der Waals surface area contributed by atoms with Crippen LogP contribution in [0.15, 0.2) is 53.7 Å². The summed E-state index contributed by atoms with van der Waals surface area (Å²) in [6.45, 7) is 3.21. The van der Waals surface area contributed by atoms with Crippen molar-refractivity contribution in [1.82, 2.24) is 9.21 Å². The Balaban J connectivity index is 1.63. The standard InChI is InChI=1S/C25H30N4O5S/c1-27(2)35(33,34)20-10-8-18(9-11-20)23(30)21-22(19-7-6-12-26-17-19)29(25(32)24(21)31)16-15-28-13-4-3-5-14-28/h6-12,17,21-22H,3-5,13-16H2,1-2H3/p+2. The fourth-order valence-electron chi connectivity index (χ4n) is 4.95. The third-order valence-electron chi connectivity index (χ3n) is 6.95. The van der Waals surface area contributed by atoms with Gasteiger partial charge in [0.25, 0.3) is 5.91 Å². The van der Waals surface area contributed by atoms with Crippen LogP contribution in [0.2, 0.25) is 0 Å². The van der Waals surface area contributed by atoms with Crippen molar-refractivity contribution in [3.63, 3.8) is 0 Å². The van der Waals surface area contributed by atoms with E-state index in [1.807, 2.05) is 0 Å². The van der Waals surface area contributed by atoms with Gasteiger partial charge in [-0.15, -0.1) is 0 Å². The molecule has 2 fully saturated rings. The zero-order valence-electron chi connectivity index (χ0n) is 20.1. The lowest BCUT2D eigenvalue weighted by Gasteiger charge is -2.29. The number of benzene rings is 1. The fourth-order valence-corrected chi connectivity index (χ4v) is 5.85. The van der Waals surface area contributed by atoms with Crippen molar-refractivity contribution < 1.29 is 32.7 Å². The van der Waals surface area contributed by atoms with Crippen molar-refractivity contribution in [3.05, 3.63) is 59.9 Å². The molecule has 1 aromatic heterocycles. The molecule has 186 valence electrons. The molecule has 2 aliphatic heterocycles. The van der Waals surface area contributed by atoms with Gasteiger partial charge >= 0.3 is 0 Å². The number of aromatic amines is 1. The minimum Gasteiger partial charge on any atom is -0.333 e. The van der Waals surface area contributed by atoms with E-state index in [2.05, 4.69) is 4.98 Å². The molecule has 4 rings (SSSR count). The van der Waals surface area contributed by atoms with Crippen LogP contribution < -0.4 is 9.88 Å². The molecule has 2 N–H and O–H groups in total. The van der Waals surface area contributed by atoms with Crippen molar-refractivity contribution in [2.24, 2.45) is 5.92 Å². The summed E-state index contributed by atoms with van der Waals surface area (Å²) in [5, 5.41) is 0. The van der Waals surface area contributed by atoms with E-state index in [9.17, 15) is 22.8 Å². The molecule has 1 aromatic carbocycles. The molecule has 0 saturated carbocycles. The molecule has 10 heteroatoms. The summed E-state index contributed by atoms with van der Waals surface area (Å²) in [4.78, 5) is 45.8. The second-order valence-electron chi connectivity index (χ2n) is 9.36. The molecule has 0 bridgehead atoms. The van der Waals surface area contributed by atoms with Gasteiger partial charge in [0.05, 0.1) is 37.1 Å². The molecule has 2 aromatic rings. The molecule has 0 aliphatic carbocycles. The first-order valence-corrected chi connectivity index (χ1v) is 13.4. The van der Waals surface area contributed by atoms with E-state index in [1.54, 1.807) is 29.4 Å². The number of piperidine rings is 1. The molecule has 0 spiro atoms. The SMILES string of the molecule is CN(C)S(=O)(=O)c1ccc(C(=O)C2C(=O)C(=O)N(CC[NH+]3CCCCC3)C2c2ccc[nH+]c2)cc1. The Morgan fingerprint density at radius 2 is 1.77 bits per heavy atom. The molecule has 9 nitrogen and oxygen atoms in total. The van der Waals surface area contributed by atoms with E-state index >= 15 is 0 Å². The number of H-pyrrole nitrogens is 1. The number of sulfonamides is 1. The highest BCUT2D eigenvalue weighted by Crippen LogP contribution is 2.37. The van der Waals surface area contributed by atoms with Crippen molar-refractivity contribution >= 4 is 27.5 Å². The molecule has 0 radical (unpaired) electrons. The van der Waals surface area contributed by atoms with Gasteiger partial charge in [-0.3, -0.25) is 14.4 Å². The number of hydrogen-bond donors (Lipinski definition) is 1. The Bertz CT molecular complexity index is 1190. The maximum absolute atomic E-state index is 13.6. The quantitative estimate of drug-likeness (QED) is 0.306. The summed E-state index contributed by atoms with van der Waals surface area (Å²) in [6, 6.07) is 8.39. The smallest absolute Gasteiger partial charge is 0.291 e. The lowest BCUT2D eigenvalue weighted by Crippen LogP contribution is -3.13. The van der Waals surface area contributed by atoms with Crippen LogP contribution in [0.4, 0.5) is 0 Å². The van der Waals surface area contributed by atoms with Gasteiger partial charge in [-0.25, -0.2) is 17.7 Å². The minimum absolute atomic E-state index is 0.0493. The van der Waals surface area contributed by atoms with Crippen LogP contribution in [0, 0.1) is 5.92 Å². The number of carbonyl (C=O) groups is 3. The first-order valence-electron chi connectivity index (χ1n) is 11.9. The maximum atomic E-state index is 13.6. The van der Waals surface area contributed by atoms with E-state index in [-0.39, 0.29) is 10.5 Å². The van der Waals surface area contributed by atoms with E-state index in [4.69, 9.17) is 0 Å². The van der Waals surface area contributed by atoms with E-state index < -0.39 is 39.5 Å². The van der Waals surface area contributed by atoms with Crippen LogP contribution in [-0.4, -0.2) is 75.4 Å². The molecular formula is C25H32N4O5S+2. The second-order valence-corrected chi connectivity index (χ2v) is 11.5. The van der Waals surface area contributed by atoms with Crippen molar-refractivity contribution in [2.45, 2.75) is 30.2 Å². The van der Waals surface area contributed by atoms with Crippen LogP contribution >= 0.6 is 0 Å². The molecular weight excluding hydrogens is 468 g/mol. The number of amides is 1. The molecule has 3 heterocycles. The van der Waals surface area contributed by atoms with Crippen LogP contribution in [0.1, 0.15) is 41.2 Å². The number of rotatable bonds is 8. The summed E-state index contributed by atoms with van der Waals surface area (Å²) in [6.07, 6.45) is 6.97. The molecule has 2 unspecified atom stereocenters. The predicted molar refractivity (Wildman–Crippen MR) is 127 cm³/mol. The number of pyridine rings is 1. The Morgan fingerprint density at radius 3 is 2.37 bits per heavy atom. The fraction of sp³-hybridized carbons (Fsp3) is 0.440. The molecule has 1 amide bonds. The van der Waals surface area contributed by atoms with E-state index in [0.717, 1.165) is 36.8 Å². The molecule has 2 saturated heterocycles. The number of carbonyl (C=O) groups excluding carboxylic acids is 3. The number of hydrogen-bond acceptors (Lipinski definition) is 5. The van der Waals surface area contributed by atoms with Gasteiger partial charge in [-0.05, 0) is 37.5 Å². The lowest BCUT2D eigenvalue weighted by atomic mass is 9.87. The average molecular weight is 501 g/mol. The Morgan fingerprint density at radius 1 is 1.09 bits per heavy atom. The topological polar surface area (TPSA) is 110 Å². The third-order valence-corrected chi connectivity index (χ3v) is 8.77. The summed E-state index contributed by atoms with van der Waals surface area (Å²) >= 11 is 0. The van der Waals surface area contributed by atoms with Gasteiger partial charge in [0.1, 0.15) is 5.92 Å². The van der Waals surface area contributed by atoms with Crippen LogP contribution in [0.5, 0.6) is 0 Å². The monoisotopic (exact) mass is 500 g/mol. The van der Waals surface area contributed by atoms with Crippen molar-refractivity contribution in [3.8, 4) is 0 Å². The largest absolute Gasteiger partial charge is 0.333 e. The highest BCUT2D eigenvalue weighted by molar-refractivity contribution is 7.89. The Kier molecular flexibility index (Phi) is 7.44. The number of nitrogens with zero attached hydrogens (tertiary/aromatic N) is 2. The number of likely N-dealkylation sites (tertiary alicyclic amines) is 2. The molecule has 2 aliphatic rings. The van der Waals surface area contributed by atoms with Gasteiger partial charge in [-0.2, -0.15) is 0 Å². The average Bonchev–Trinajstić information content (AvgIpc) is 3.13. The number of Topliss-reactive ketones (excluding diaryl/α,β-unsaturated/α-hetero) is 2. The van der Waals surface area contributed by atoms with Gasteiger partial charge in [0, 0.05) is 31.3 Å². The summed E-state index contributed by atoms with van der Waals surface area (Å²) in [7, 11) is -0.793. The number of aromatic nitrogens is 1. The van der Waals surface area contributed by atoms with Gasteiger partial charge in [-0.1, -0.05) is 12.1 Å². The first-order chi connectivity index (χ1) is 16.7. The Hall–Kier alpha value is -2.95. The van der Waals surface area contributed by atoms with Crippen molar-refractivity contribution in [1.29, 1.82) is 0 Å². The lowest BCUT2D eigenvalue weighted by molar-refractivity contribution is -0.904. The summed E-state index contributed by atoms with van der Waals surface area (Å²) < 4.78 is 25.8. The number of ketones is 2. The zero-order valence-corrected chi connectivity index (χ0v) is 20.9. The summed E-state index contributed by atoms with van der Waals surface area (Å²) in [5.74, 6) is -3.03.